The van der Waals surface area contributed by atoms with Gasteiger partial charge >= 0.3 is 0 Å². The number of rotatable bonds is 6. The second-order valence-electron chi connectivity index (χ2n) is 4.83. The van der Waals surface area contributed by atoms with Crippen molar-refractivity contribution in [3.05, 3.63) is 23.8 Å². The first-order chi connectivity index (χ1) is 8.95. The SMILES string of the molecule is CCOCC(NC(=O)c1ccc(N)cc1N)C(C)C. The highest BCUT2D eigenvalue weighted by Gasteiger charge is 2.18. The molecule has 5 heteroatoms. The van der Waals surface area contributed by atoms with Gasteiger partial charge in [0.15, 0.2) is 0 Å². The number of carbonyl (C=O) groups is 1. The molecule has 1 rings (SSSR count). The number of nitrogens with two attached hydrogens (primary N) is 2. The molecule has 0 aliphatic heterocycles. The number of carbonyl (C=O) groups excluding carboxylic acids is 1. The molecule has 106 valence electrons. The van der Waals surface area contributed by atoms with Crippen LogP contribution < -0.4 is 16.8 Å². The van der Waals surface area contributed by atoms with Crippen LogP contribution in [0.3, 0.4) is 0 Å². The predicted octanol–water partition coefficient (Wildman–Crippen LogP) is 1.64. The monoisotopic (exact) mass is 265 g/mol. The van der Waals surface area contributed by atoms with Crippen molar-refractivity contribution in [1.29, 1.82) is 0 Å². The highest BCUT2D eigenvalue weighted by Crippen LogP contribution is 2.16. The molecule has 0 radical (unpaired) electrons. The number of hydrogen-bond acceptors (Lipinski definition) is 4. The third kappa shape index (κ3) is 4.44. The Bertz CT molecular complexity index is 433. The van der Waals surface area contributed by atoms with E-state index in [-0.39, 0.29) is 17.9 Å². The normalized spacial score (nSPS) is 12.4. The molecule has 0 spiro atoms. The van der Waals surface area contributed by atoms with Crippen molar-refractivity contribution < 1.29 is 9.53 Å². The Kier molecular flexibility index (Phi) is 5.63. The molecule has 0 saturated heterocycles. The van der Waals surface area contributed by atoms with Crippen LogP contribution in [0.5, 0.6) is 0 Å². The molecule has 0 fully saturated rings. The lowest BCUT2D eigenvalue weighted by atomic mass is 10.0. The molecule has 5 nitrogen and oxygen atoms in total. The quantitative estimate of drug-likeness (QED) is 0.682. The Hall–Kier alpha value is -1.75. The molecule has 0 aliphatic carbocycles. The minimum atomic E-state index is -0.198. The summed E-state index contributed by atoms with van der Waals surface area (Å²) in [7, 11) is 0. The zero-order chi connectivity index (χ0) is 14.4. The lowest BCUT2D eigenvalue weighted by molar-refractivity contribution is 0.0807. The first-order valence-corrected chi connectivity index (χ1v) is 6.49. The van der Waals surface area contributed by atoms with Crippen LogP contribution in [0, 0.1) is 5.92 Å². The van der Waals surface area contributed by atoms with Gasteiger partial charge in [0.05, 0.1) is 18.2 Å². The van der Waals surface area contributed by atoms with Crippen molar-refractivity contribution in [2.24, 2.45) is 5.92 Å². The molecule has 0 heterocycles. The molecule has 5 N–H and O–H groups in total. The fourth-order valence-electron chi connectivity index (χ4n) is 1.68. The van der Waals surface area contributed by atoms with Gasteiger partial charge in [0.2, 0.25) is 0 Å². The largest absolute Gasteiger partial charge is 0.399 e. The van der Waals surface area contributed by atoms with E-state index in [1.807, 2.05) is 20.8 Å². The maximum Gasteiger partial charge on any atom is 0.253 e. The average molecular weight is 265 g/mol. The van der Waals surface area contributed by atoms with Crippen LogP contribution in [-0.4, -0.2) is 25.2 Å². The molecule has 0 bridgehead atoms. The number of nitrogen functional groups attached to an aromatic ring is 2. The van der Waals surface area contributed by atoms with Crippen molar-refractivity contribution >= 4 is 17.3 Å². The van der Waals surface area contributed by atoms with Gasteiger partial charge in [-0.05, 0) is 31.0 Å². The molecule has 0 saturated carbocycles. The van der Waals surface area contributed by atoms with E-state index < -0.39 is 0 Å². The van der Waals surface area contributed by atoms with Crippen LogP contribution in [0.1, 0.15) is 31.1 Å². The van der Waals surface area contributed by atoms with E-state index in [0.717, 1.165) is 0 Å². The lowest BCUT2D eigenvalue weighted by Gasteiger charge is -2.22. The zero-order valence-corrected chi connectivity index (χ0v) is 11.8. The average Bonchev–Trinajstić information content (AvgIpc) is 2.33. The highest BCUT2D eigenvalue weighted by atomic mass is 16.5. The van der Waals surface area contributed by atoms with Crippen molar-refractivity contribution in [2.45, 2.75) is 26.8 Å². The van der Waals surface area contributed by atoms with Gasteiger partial charge in [0, 0.05) is 18.0 Å². The van der Waals surface area contributed by atoms with E-state index in [0.29, 0.717) is 30.2 Å². The zero-order valence-electron chi connectivity index (χ0n) is 11.8. The Morgan fingerprint density at radius 1 is 1.37 bits per heavy atom. The van der Waals surface area contributed by atoms with Gasteiger partial charge in [-0.15, -0.1) is 0 Å². The summed E-state index contributed by atoms with van der Waals surface area (Å²) < 4.78 is 5.38. The van der Waals surface area contributed by atoms with Gasteiger partial charge < -0.3 is 21.5 Å². The topological polar surface area (TPSA) is 90.4 Å². The Balaban J connectivity index is 2.76. The summed E-state index contributed by atoms with van der Waals surface area (Å²) in [5.74, 6) is 0.0846. The first kappa shape index (κ1) is 15.3. The summed E-state index contributed by atoms with van der Waals surface area (Å²) in [4.78, 5) is 12.2. The fourth-order valence-corrected chi connectivity index (χ4v) is 1.68. The van der Waals surface area contributed by atoms with Gasteiger partial charge in [0.25, 0.3) is 5.91 Å². The summed E-state index contributed by atoms with van der Waals surface area (Å²) in [6, 6.07) is 4.85. The molecule has 0 aliphatic rings. The predicted molar refractivity (Wildman–Crippen MR) is 77.9 cm³/mol. The Morgan fingerprint density at radius 3 is 2.58 bits per heavy atom. The maximum atomic E-state index is 12.2. The van der Waals surface area contributed by atoms with Crippen LogP contribution >= 0.6 is 0 Å². The molecule has 19 heavy (non-hydrogen) atoms. The summed E-state index contributed by atoms with van der Waals surface area (Å²) in [5.41, 5.74) is 12.8. The third-order valence-corrected chi connectivity index (χ3v) is 2.94. The number of anilines is 2. The van der Waals surface area contributed by atoms with Gasteiger partial charge in [-0.2, -0.15) is 0 Å². The standard InChI is InChI=1S/C14H23N3O2/c1-4-19-8-13(9(2)3)17-14(18)11-6-5-10(15)7-12(11)16/h5-7,9,13H,4,8,15-16H2,1-3H3,(H,17,18). The van der Waals surface area contributed by atoms with Crippen LogP contribution in [0.2, 0.25) is 0 Å². The number of hydrogen-bond donors (Lipinski definition) is 3. The van der Waals surface area contributed by atoms with E-state index in [1.165, 1.54) is 0 Å². The number of ether oxygens (including phenoxy) is 1. The summed E-state index contributed by atoms with van der Waals surface area (Å²) in [5, 5.41) is 2.94. The molecular formula is C14H23N3O2. The smallest absolute Gasteiger partial charge is 0.253 e. The van der Waals surface area contributed by atoms with Gasteiger partial charge in [-0.25, -0.2) is 0 Å². The third-order valence-electron chi connectivity index (χ3n) is 2.94. The van der Waals surface area contributed by atoms with E-state index in [9.17, 15) is 4.79 Å². The van der Waals surface area contributed by atoms with E-state index in [2.05, 4.69) is 5.32 Å². The summed E-state index contributed by atoms with van der Waals surface area (Å²) >= 11 is 0. The second-order valence-corrected chi connectivity index (χ2v) is 4.83. The maximum absolute atomic E-state index is 12.2. The number of nitrogens with one attached hydrogen (secondary N) is 1. The lowest BCUT2D eigenvalue weighted by Crippen LogP contribution is -2.42. The van der Waals surface area contributed by atoms with Crippen molar-refractivity contribution in [2.75, 3.05) is 24.7 Å². The Morgan fingerprint density at radius 2 is 2.05 bits per heavy atom. The van der Waals surface area contributed by atoms with Crippen LogP contribution in [0.15, 0.2) is 18.2 Å². The van der Waals surface area contributed by atoms with Crippen LogP contribution in [0.25, 0.3) is 0 Å². The highest BCUT2D eigenvalue weighted by molar-refractivity contribution is 5.99. The van der Waals surface area contributed by atoms with Crippen LogP contribution in [0.4, 0.5) is 11.4 Å². The molecular weight excluding hydrogens is 242 g/mol. The van der Waals surface area contributed by atoms with Gasteiger partial charge in [0.1, 0.15) is 0 Å². The number of amides is 1. The Labute approximate surface area is 114 Å². The molecule has 1 amide bonds. The molecule has 0 aromatic heterocycles. The second kappa shape index (κ2) is 6.99. The summed E-state index contributed by atoms with van der Waals surface area (Å²) in [6.45, 7) is 7.13. The first-order valence-electron chi connectivity index (χ1n) is 6.49. The minimum Gasteiger partial charge on any atom is -0.399 e. The van der Waals surface area contributed by atoms with Crippen molar-refractivity contribution in [3.8, 4) is 0 Å². The molecule has 1 aromatic carbocycles. The van der Waals surface area contributed by atoms with E-state index >= 15 is 0 Å². The number of benzene rings is 1. The fraction of sp³-hybridized carbons (Fsp3) is 0.500. The molecule has 1 atom stereocenters. The molecule has 1 unspecified atom stereocenters. The van der Waals surface area contributed by atoms with Crippen LogP contribution in [-0.2, 0) is 4.74 Å². The van der Waals surface area contributed by atoms with Crippen molar-refractivity contribution in [3.63, 3.8) is 0 Å². The summed E-state index contributed by atoms with van der Waals surface area (Å²) in [6.07, 6.45) is 0. The molecule has 1 aromatic rings. The van der Waals surface area contributed by atoms with Gasteiger partial charge in [-0.1, -0.05) is 13.8 Å². The van der Waals surface area contributed by atoms with Crippen molar-refractivity contribution in [1.82, 2.24) is 5.32 Å². The van der Waals surface area contributed by atoms with Gasteiger partial charge in [-0.3, -0.25) is 4.79 Å². The minimum absolute atomic E-state index is 0.0376. The van der Waals surface area contributed by atoms with E-state index in [1.54, 1.807) is 18.2 Å². The van der Waals surface area contributed by atoms with E-state index in [4.69, 9.17) is 16.2 Å².